The summed E-state index contributed by atoms with van der Waals surface area (Å²) in [5.41, 5.74) is 5.00. The zero-order chi connectivity index (χ0) is 15.9. The van der Waals surface area contributed by atoms with E-state index in [2.05, 4.69) is 63.2 Å². The molecule has 1 aromatic carbocycles. The van der Waals surface area contributed by atoms with E-state index in [0.29, 0.717) is 0 Å². The molecule has 0 spiro atoms. The minimum Gasteiger partial charge on any atom is -0.366 e. The maximum Gasteiger partial charge on any atom is 0.0923 e. The van der Waals surface area contributed by atoms with Gasteiger partial charge in [-0.15, -0.1) is 0 Å². The Morgan fingerprint density at radius 3 is 2.26 bits per heavy atom. The van der Waals surface area contributed by atoms with Gasteiger partial charge in [0.05, 0.1) is 18.6 Å². The van der Waals surface area contributed by atoms with E-state index in [-0.39, 0.29) is 0 Å². The van der Waals surface area contributed by atoms with Crippen LogP contribution in [-0.4, -0.2) is 21.5 Å². The lowest BCUT2D eigenvalue weighted by Gasteiger charge is -2.22. The van der Waals surface area contributed by atoms with Crippen LogP contribution in [0.1, 0.15) is 23.7 Å². The molecule has 0 unspecified atom stereocenters. The number of nitrogens with zero attached hydrogens (tertiary/aromatic N) is 3. The van der Waals surface area contributed by atoms with Crippen molar-refractivity contribution in [2.24, 2.45) is 0 Å². The average molecular weight is 306 g/mol. The quantitative estimate of drug-likeness (QED) is 0.725. The summed E-state index contributed by atoms with van der Waals surface area (Å²) in [5, 5.41) is 0. The number of aryl methyl sites for hydroxylation is 2. The van der Waals surface area contributed by atoms with Crippen LogP contribution >= 0.6 is 0 Å². The molecule has 0 amide bonds. The molecule has 4 heteroatoms. The van der Waals surface area contributed by atoms with Gasteiger partial charge < -0.3 is 9.88 Å². The van der Waals surface area contributed by atoms with Crippen LogP contribution in [0.3, 0.4) is 0 Å². The first-order valence-corrected chi connectivity index (χ1v) is 8.05. The molecule has 0 aliphatic carbocycles. The van der Waals surface area contributed by atoms with E-state index in [1.165, 1.54) is 16.8 Å². The zero-order valence-electron chi connectivity index (χ0n) is 13.4. The Hall–Kier alpha value is -2.62. The van der Waals surface area contributed by atoms with Crippen molar-refractivity contribution in [3.05, 3.63) is 78.1 Å². The number of benzene rings is 1. The summed E-state index contributed by atoms with van der Waals surface area (Å²) in [6.45, 7) is 3.96. The van der Waals surface area contributed by atoms with Crippen LogP contribution in [0.4, 0.5) is 5.69 Å². The molecule has 4 nitrogen and oxygen atoms in total. The predicted molar refractivity (Wildman–Crippen MR) is 93.4 cm³/mol. The standard InChI is InChI=1S/C19H22N4/c1-2-23(14-18-13-21-15-22-18)19-7-5-16(6-8-19)3-4-17-9-11-20-12-10-17/h5-13,15H,2-4,14H2,1H3,(H,21,22). The smallest absolute Gasteiger partial charge is 0.0923 e. The minimum absolute atomic E-state index is 0.830. The molecular weight excluding hydrogens is 284 g/mol. The largest absolute Gasteiger partial charge is 0.366 e. The fourth-order valence-corrected chi connectivity index (χ4v) is 2.67. The molecule has 1 N–H and O–H groups in total. The van der Waals surface area contributed by atoms with Crippen molar-refractivity contribution in [1.29, 1.82) is 0 Å². The van der Waals surface area contributed by atoms with Gasteiger partial charge >= 0.3 is 0 Å². The number of hydrogen-bond donors (Lipinski definition) is 1. The van der Waals surface area contributed by atoms with E-state index >= 15 is 0 Å². The van der Waals surface area contributed by atoms with Crippen molar-refractivity contribution >= 4 is 5.69 Å². The molecule has 3 rings (SSSR count). The highest BCUT2D eigenvalue weighted by atomic mass is 15.1. The van der Waals surface area contributed by atoms with Gasteiger partial charge in [-0.3, -0.25) is 4.98 Å². The maximum atomic E-state index is 4.31. The van der Waals surface area contributed by atoms with E-state index in [0.717, 1.165) is 31.6 Å². The van der Waals surface area contributed by atoms with Gasteiger partial charge in [-0.25, -0.2) is 4.98 Å². The first-order valence-electron chi connectivity index (χ1n) is 8.05. The molecule has 0 saturated carbocycles. The molecule has 0 aliphatic rings. The monoisotopic (exact) mass is 306 g/mol. The highest BCUT2D eigenvalue weighted by Gasteiger charge is 2.06. The average Bonchev–Trinajstić information content (AvgIpc) is 3.12. The Labute approximate surface area is 137 Å². The van der Waals surface area contributed by atoms with Gasteiger partial charge in [0, 0.05) is 30.8 Å². The van der Waals surface area contributed by atoms with E-state index in [1.807, 2.05) is 18.6 Å². The summed E-state index contributed by atoms with van der Waals surface area (Å²) in [6, 6.07) is 13.0. The number of pyridine rings is 1. The van der Waals surface area contributed by atoms with Crippen molar-refractivity contribution in [2.75, 3.05) is 11.4 Å². The number of hydrogen-bond acceptors (Lipinski definition) is 3. The predicted octanol–water partition coefficient (Wildman–Crippen LogP) is 3.62. The topological polar surface area (TPSA) is 44.8 Å². The fraction of sp³-hybridized carbons (Fsp3) is 0.263. The number of nitrogens with one attached hydrogen (secondary N) is 1. The number of H-pyrrole nitrogens is 1. The second-order valence-corrected chi connectivity index (χ2v) is 5.60. The van der Waals surface area contributed by atoms with Crippen molar-refractivity contribution in [3.63, 3.8) is 0 Å². The highest BCUT2D eigenvalue weighted by molar-refractivity contribution is 5.47. The van der Waals surface area contributed by atoms with Gasteiger partial charge in [-0.1, -0.05) is 12.1 Å². The van der Waals surface area contributed by atoms with Crippen LogP contribution in [0, 0.1) is 0 Å². The van der Waals surface area contributed by atoms with Crippen LogP contribution in [0.2, 0.25) is 0 Å². The first kappa shape index (κ1) is 15.3. The third-order valence-corrected chi connectivity index (χ3v) is 4.04. The second kappa shape index (κ2) is 7.58. The van der Waals surface area contributed by atoms with Gasteiger partial charge in [0.2, 0.25) is 0 Å². The summed E-state index contributed by atoms with van der Waals surface area (Å²) in [7, 11) is 0. The number of anilines is 1. The fourth-order valence-electron chi connectivity index (χ4n) is 2.67. The van der Waals surface area contributed by atoms with Crippen molar-refractivity contribution < 1.29 is 0 Å². The molecule has 0 atom stereocenters. The summed E-state index contributed by atoms with van der Waals surface area (Å²) in [6.07, 6.45) is 9.48. The van der Waals surface area contributed by atoms with Crippen LogP contribution in [-0.2, 0) is 19.4 Å². The van der Waals surface area contributed by atoms with Crippen molar-refractivity contribution in [2.45, 2.75) is 26.3 Å². The minimum atomic E-state index is 0.830. The van der Waals surface area contributed by atoms with Crippen molar-refractivity contribution in [3.8, 4) is 0 Å². The number of imidazole rings is 1. The second-order valence-electron chi connectivity index (χ2n) is 5.60. The van der Waals surface area contributed by atoms with Gasteiger partial charge in [-0.05, 0) is 55.2 Å². The molecular formula is C19H22N4. The maximum absolute atomic E-state index is 4.31. The van der Waals surface area contributed by atoms with Gasteiger partial charge in [0.1, 0.15) is 0 Å². The first-order chi connectivity index (χ1) is 11.3. The SMILES string of the molecule is CCN(Cc1c[nH]cn1)c1ccc(CCc2ccncc2)cc1. The molecule has 0 aliphatic heterocycles. The number of rotatable bonds is 7. The molecule has 0 radical (unpaired) electrons. The van der Waals surface area contributed by atoms with E-state index in [4.69, 9.17) is 0 Å². The van der Waals surface area contributed by atoms with Crippen molar-refractivity contribution in [1.82, 2.24) is 15.0 Å². The number of aromatic amines is 1. The van der Waals surface area contributed by atoms with Crippen LogP contribution in [0.25, 0.3) is 0 Å². The summed E-state index contributed by atoms with van der Waals surface area (Å²) in [5.74, 6) is 0. The highest BCUT2D eigenvalue weighted by Crippen LogP contribution is 2.18. The molecule has 2 aromatic heterocycles. The van der Waals surface area contributed by atoms with Crippen LogP contribution in [0.5, 0.6) is 0 Å². The van der Waals surface area contributed by atoms with E-state index in [1.54, 1.807) is 6.33 Å². The Morgan fingerprint density at radius 1 is 0.957 bits per heavy atom. The molecule has 0 fully saturated rings. The molecule has 0 bridgehead atoms. The third kappa shape index (κ3) is 4.19. The Kier molecular flexibility index (Phi) is 5.04. The molecule has 0 saturated heterocycles. The molecule has 23 heavy (non-hydrogen) atoms. The van der Waals surface area contributed by atoms with Crippen LogP contribution < -0.4 is 4.90 Å². The third-order valence-electron chi connectivity index (χ3n) is 4.04. The van der Waals surface area contributed by atoms with Gasteiger partial charge in [0.15, 0.2) is 0 Å². The molecule has 118 valence electrons. The Bertz CT molecular complexity index is 690. The van der Waals surface area contributed by atoms with E-state index < -0.39 is 0 Å². The lowest BCUT2D eigenvalue weighted by Crippen LogP contribution is -2.22. The lowest BCUT2D eigenvalue weighted by molar-refractivity contribution is 0.814. The number of aromatic nitrogens is 3. The normalized spacial score (nSPS) is 10.7. The molecule has 3 aromatic rings. The Balaban J connectivity index is 1.61. The molecule has 2 heterocycles. The summed E-state index contributed by atoms with van der Waals surface area (Å²) >= 11 is 0. The Morgan fingerprint density at radius 2 is 1.65 bits per heavy atom. The summed E-state index contributed by atoms with van der Waals surface area (Å²) in [4.78, 5) is 13.7. The zero-order valence-corrected chi connectivity index (χ0v) is 13.4. The van der Waals surface area contributed by atoms with E-state index in [9.17, 15) is 0 Å². The summed E-state index contributed by atoms with van der Waals surface area (Å²) < 4.78 is 0. The van der Waals surface area contributed by atoms with Crippen LogP contribution in [0.15, 0.2) is 61.3 Å². The van der Waals surface area contributed by atoms with Gasteiger partial charge in [-0.2, -0.15) is 0 Å². The lowest BCUT2D eigenvalue weighted by atomic mass is 10.0. The van der Waals surface area contributed by atoms with Gasteiger partial charge in [0.25, 0.3) is 0 Å².